The van der Waals surface area contributed by atoms with Gasteiger partial charge in [0.1, 0.15) is 0 Å². The van der Waals surface area contributed by atoms with Gasteiger partial charge < -0.3 is 10.2 Å². The number of hydrogen-bond donors (Lipinski definition) is 2. The number of carbonyl (C=O) groups is 2. The van der Waals surface area contributed by atoms with Crippen LogP contribution in [0.5, 0.6) is 0 Å². The molecule has 0 unspecified atom stereocenters. The molecule has 0 aliphatic carbocycles. The highest BCUT2D eigenvalue weighted by molar-refractivity contribution is 5.75. The minimum absolute atomic E-state index is 0.296. The fraction of sp³-hybridized carbons (Fsp3) is 0.800. The quantitative estimate of drug-likeness (QED) is 0.660. The topological polar surface area (TPSA) is 87.6 Å². The number of rotatable bonds is 3. The van der Waals surface area contributed by atoms with Gasteiger partial charge in [-0.25, -0.2) is 0 Å². The van der Waals surface area contributed by atoms with Gasteiger partial charge in [-0.05, 0) is 0 Å². The first-order valence-corrected chi connectivity index (χ1v) is 5.86. The van der Waals surface area contributed by atoms with Crippen LogP contribution in [-0.4, -0.2) is 81.8 Å². The van der Waals surface area contributed by atoms with E-state index in [0.29, 0.717) is 0 Å². The van der Waals surface area contributed by atoms with Gasteiger partial charge in [0.25, 0.3) is 0 Å². The van der Waals surface area contributed by atoms with Crippen LogP contribution in [0.25, 0.3) is 0 Å². The normalized spacial score (nSPS) is 35.8. The second kappa shape index (κ2) is 5.61. The maximum absolute atomic E-state index is 9.64. The molecule has 0 aromatic rings. The van der Waals surface area contributed by atoms with Crippen molar-refractivity contribution < 1.29 is 19.8 Å². The van der Waals surface area contributed by atoms with Gasteiger partial charge in [0, 0.05) is 0 Å². The third-order valence-electron chi connectivity index (χ3n) is 2.95. The summed E-state index contributed by atoms with van der Waals surface area (Å²) in [6.45, 7) is 7.12. The highest BCUT2D eigenvalue weighted by Crippen LogP contribution is 2.20. The van der Waals surface area contributed by atoms with E-state index in [1.165, 1.54) is 40.0 Å². The fourth-order valence-electron chi connectivity index (χ4n) is 2.45. The minimum Gasteiger partial charge on any atom is -0.481 e. The van der Waals surface area contributed by atoms with E-state index < -0.39 is 11.9 Å². The molecular formula is C10H18N4O4. The van der Waals surface area contributed by atoms with E-state index in [1.54, 1.807) is 0 Å². The standard InChI is InChI=1S/C6H12N4.C4H6O4/c1-7-2-9-4-8(1)5-10(3-7)6-9;5-3(6)1-2-4(7)8/h1-6H2;1-2H2,(H,5,6)(H,7,8). The predicted molar refractivity (Wildman–Crippen MR) is 61.1 cm³/mol. The summed E-state index contributed by atoms with van der Waals surface area (Å²) in [5, 5.41) is 15.8. The minimum atomic E-state index is -1.08. The Labute approximate surface area is 105 Å². The predicted octanol–water partition coefficient (Wildman–Crippen LogP) is -1.08. The van der Waals surface area contributed by atoms with Crippen molar-refractivity contribution in [1.29, 1.82) is 0 Å². The van der Waals surface area contributed by atoms with Gasteiger partial charge in [0.2, 0.25) is 0 Å². The number of hydrogen-bond acceptors (Lipinski definition) is 6. The molecule has 0 atom stereocenters. The summed E-state index contributed by atoms with van der Waals surface area (Å²) in [4.78, 5) is 29.2. The SMILES string of the molecule is C1N2CN3CN1CN(C2)C3.O=C(O)CCC(=O)O. The molecule has 4 aliphatic rings. The van der Waals surface area contributed by atoms with Gasteiger partial charge >= 0.3 is 11.9 Å². The van der Waals surface area contributed by atoms with E-state index in [-0.39, 0.29) is 12.8 Å². The largest absolute Gasteiger partial charge is 0.481 e. The smallest absolute Gasteiger partial charge is 0.303 e. The van der Waals surface area contributed by atoms with E-state index in [9.17, 15) is 9.59 Å². The molecule has 0 aromatic carbocycles. The molecule has 4 saturated heterocycles. The third kappa shape index (κ3) is 3.64. The lowest BCUT2D eigenvalue weighted by Crippen LogP contribution is -2.71. The van der Waals surface area contributed by atoms with Crippen molar-refractivity contribution in [3.63, 3.8) is 0 Å². The Morgan fingerprint density at radius 2 is 0.889 bits per heavy atom. The molecule has 102 valence electrons. The van der Waals surface area contributed by atoms with Gasteiger partial charge in [0.15, 0.2) is 0 Å². The summed E-state index contributed by atoms with van der Waals surface area (Å²) >= 11 is 0. The summed E-state index contributed by atoms with van der Waals surface area (Å²) in [6, 6.07) is 0. The van der Waals surface area contributed by atoms with Crippen molar-refractivity contribution in [2.75, 3.05) is 40.0 Å². The number of aliphatic carboxylic acids is 2. The summed E-state index contributed by atoms with van der Waals surface area (Å²) < 4.78 is 0. The van der Waals surface area contributed by atoms with Crippen molar-refractivity contribution >= 4 is 11.9 Å². The Balaban J connectivity index is 0.000000139. The molecule has 0 aromatic heterocycles. The van der Waals surface area contributed by atoms with Crippen molar-refractivity contribution in [2.24, 2.45) is 0 Å². The summed E-state index contributed by atoms with van der Waals surface area (Å²) in [6.07, 6.45) is -0.593. The van der Waals surface area contributed by atoms with E-state index in [2.05, 4.69) is 19.6 Å². The molecule has 4 heterocycles. The maximum atomic E-state index is 9.64. The molecule has 4 aliphatic heterocycles. The van der Waals surface area contributed by atoms with Gasteiger partial charge in [-0.15, -0.1) is 0 Å². The molecular weight excluding hydrogens is 240 g/mol. The second-order valence-corrected chi connectivity index (χ2v) is 4.82. The zero-order valence-corrected chi connectivity index (χ0v) is 10.2. The van der Waals surface area contributed by atoms with Gasteiger partial charge in [-0.3, -0.25) is 29.2 Å². The van der Waals surface area contributed by atoms with Crippen LogP contribution in [0.15, 0.2) is 0 Å². The van der Waals surface area contributed by atoms with Crippen LogP contribution >= 0.6 is 0 Å². The van der Waals surface area contributed by atoms with Gasteiger partial charge in [-0.2, -0.15) is 0 Å². The molecule has 0 spiro atoms. The molecule has 0 amide bonds. The van der Waals surface area contributed by atoms with Crippen LogP contribution in [0.4, 0.5) is 0 Å². The lowest BCUT2D eigenvalue weighted by atomic mass is 10.3. The van der Waals surface area contributed by atoms with Crippen LogP contribution in [0.3, 0.4) is 0 Å². The highest BCUT2D eigenvalue weighted by Gasteiger charge is 2.36. The van der Waals surface area contributed by atoms with Gasteiger partial charge in [-0.1, -0.05) is 0 Å². The molecule has 8 heteroatoms. The lowest BCUT2D eigenvalue weighted by Gasteiger charge is -2.56. The monoisotopic (exact) mass is 258 g/mol. The van der Waals surface area contributed by atoms with E-state index in [0.717, 1.165) is 0 Å². The zero-order valence-electron chi connectivity index (χ0n) is 10.2. The molecule has 2 N–H and O–H groups in total. The van der Waals surface area contributed by atoms with Crippen LogP contribution in [0.2, 0.25) is 0 Å². The number of nitrogens with zero attached hydrogens (tertiary/aromatic N) is 4. The molecule has 0 radical (unpaired) electrons. The van der Waals surface area contributed by atoms with Crippen molar-refractivity contribution in [2.45, 2.75) is 12.8 Å². The second-order valence-electron chi connectivity index (χ2n) is 4.82. The van der Waals surface area contributed by atoms with Gasteiger partial charge in [0.05, 0.1) is 52.9 Å². The number of carboxylic acid groups (broad SMARTS) is 2. The summed E-state index contributed by atoms with van der Waals surface area (Å²) in [5.74, 6) is -2.15. The summed E-state index contributed by atoms with van der Waals surface area (Å²) in [7, 11) is 0. The molecule has 4 rings (SSSR count). The zero-order chi connectivity index (χ0) is 13.1. The first-order chi connectivity index (χ1) is 8.52. The average Bonchev–Trinajstić information content (AvgIpc) is 2.25. The Morgan fingerprint density at radius 1 is 0.667 bits per heavy atom. The Bertz CT molecular complexity index is 265. The van der Waals surface area contributed by atoms with Crippen molar-refractivity contribution in [3.8, 4) is 0 Å². The van der Waals surface area contributed by atoms with E-state index in [1.807, 2.05) is 0 Å². The first kappa shape index (κ1) is 13.2. The highest BCUT2D eigenvalue weighted by atomic mass is 16.4. The van der Waals surface area contributed by atoms with Crippen LogP contribution in [0.1, 0.15) is 12.8 Å². The summed E-state index contributed by atoms with van der Waals surface area (Å²) in [5.41, 5.74) is 0. The van der Waals surface area contributed by atoms with Crippen molar-refractivity contribution in [1.82, 2.24) is 19.6 Å². The third-order valence-corrected chi connectivity index (χ3v) is 2.95. The molecule has 4 bridgehead atoms. The Morgan fingerprint density at radius 3 is 1.06 bits per heavy atom. The maximum Gasteiger partial charge on any atom is 0.303 e. The molecule has 0 saturated carbocycles. The lowest BCUT2D eigenvalue weighted by molar-refractivity contribution is -0.194. The average molecular weight is 258 g/mol. The Hall–Kier alpha value is -1.22. The van der Waals surface area contributed by atoms with Crippen LogP contribution < -0.4 is 0 Å². The molecule has 18 heavy (non-hydrogen) atoms. The number of carboxylic acids is 2. The first-order valence-electron chi connectivity index (χ1n) is 5.86. The fourth-order valence-corrected chi connectivity index (χ4v) is 2.45. The molecule has 4 fully saturated rings. The van der Waals surface area contributed by atoms with Crippen LogP contribution in [0, 0.1) is 0 Å². The van der Waals surface area contributed by atoms with Crippen molar-refractivity contribution in [3.05, 3.63) is 0 Å². The Kier molecular flexibility index (Phi) is 4.12. The van der Waals surface area contributed by atoms with E-state index in [4.69, 9.17) is 10.2 Å². The molecule has 8 nitrogen and oxygen atoms in total. The van der Waals surface area contributed by atoms with E-state index >= 15 is 0 Å². The van der Waals surface area contributed by atoms with Crippen LogP contribution in [-0.2, 0) is 9.59 Å².